The van der Waals surface area contributed by atoms with E-state index in [1.54, 1.807) is 0 Å². The third-order valence-electron chi connectivity index (χ3n) is 7.36. The molecule has 0 spiro atoms. The highest BCUT2D eigenvalue weighted by Crippen LogP contribution is 2.35. The van der Waals surface area contributed by atoms with E-state index in [2.05, 4.69) is 51.1 Å². The van der Waals surface area contributed by atoms with Gasteiger partial charge in [-0.15, -0.1) is 0 Å². The van der Waals surface area contributed by atoms with Gasteiger partial charge in [-0.05, 0) is 59.5 Å². The van der Waals surface area contributed by atoms with Gasteiger partial charge in [0.2, 0.25) is 0 Å². The van der Waals surface area contributed by atoms with Crippen LogP contribution >= 0.6 is 0 Å². The monoisotopic (exact) mass is 535 g/mol. The van der Waals surface area contributed by atoms with Crippen LogP contribution in [0.15, 0.2) is 126 Å². The predicted molar refractivity (Wildman–Crippen MR) is 165 cm³/mol. The number of rotatable bonds is 5. The average molecular weight is 536 g/mol. The number of hydrogen-bond acceptors (Lipinski definition) is 4. The van der Waals surface area contributed by atoms with Crippen molar-refractivity contribution in [2.75, 3.05) is 0 Å². The van der Waals surface area contributed by atoms with Crippen LogP contribution in [0.5, 0.6) is 11.5 Å². The van der Waals surface area contributed by atoms with Gasteiger partial charge in [-0.1, -0.05) is 69.3 Å². The number of hydrogen-bond donors (Lipinski definition) is 0. The zero-order chi connectivity index (χ0) is 28.0. The second-order valence-corrected chi connectivity index (χ2v) is 11.2. The number of ether oxygens (including phenoxy) is 1. The minimum absolute atomic E-state index is 0.0408. The van der Waals surface area contributed by atoms with E-state index in [0.717, 1.165) is 55.9 Å². The molecule has 0 N–H and O–H groups in total. The molecule has 7 rings (SSSR count). The van der Waals surface area contributed by atoms with Gasteiger partial charge in [-0.25, -0.2) is 4.68 Å². The molecule has 0 aliphatic rings. The lowest BCUT2D eigenvalue weighted by Gasteiger charge is -2.19. The first-order valence-electron chi connectivity index (χ1n) is 13.7. The summed E-state index contributed by atoms with van der Waals surface area (Å²) in [6, 6.07) is 36.5. The van der Waals surface area contributed by atoms with Crippen LogP contribution in [0.4, 0.5) is 0 Å². The van der Waals surface area contributed by atoms with E-state index in [1.165, 1.54) is 5.56 Å². The van der Waals surface area contributed by atoms with E-state index >= 15 is 0 Å². The quantitative estimate of drug-likeness (QED) is 0.220. The van der Waals surface area contributed by atoms with Crippen molar-refractivity contribution in [3.8, 4) is 39.7 Å². The Labute approximate surface area is 238 Å². The number of fused-ring (bicyclic) bond motifs is 3. The van der Waals surface area contributed by atoms with E-state index in [4.69, 9.17) is 19.2 Å². The molecular formula is C36H29N3O2. The van der Waals surface area contributed by atoms with E-state index in [1.807, 2.05) is 95.9 Å². The fourth-order valence-electron chi connectivity index (χ4n) is 5.18. The lowest BCUT2D eigenvalue weighted by atomic mass is 9.86. The van der Waals surface area contributed by atoms with Crippen molar-refractivity contribution in [1.29, 1.82) is 0 Å². The van der Waals surface area contributed by atoms with Crippen LogP contribution < -0.4 is 4.74 Å². The Balaban J connectivity index is 1.18. The third-order valence-corrected chi connectivity index (χ3v) is 7.36. The van der Waals surface area contributed by atoms with Gasteiger partial charge in [0, 0.05) is 46.4 Å². The van der Waals surface area contributed by atoms with Crippen LogP contribution in [-0.4, -0.2) is 14.8 Å². The molecule has 3 heterocycles. The van der Waals surface area contributed by atoms with Crippen LogP contribution in [0.2, 0.25) is 0 Å². The smallest absolute Gasteiger partial charge is 0.139 e. The highest BCUT2D eigenvalue weighted by molar-refractivity contribution is 6.05. The first kappa shape index (κ1) is 24.9. The standard InChI is InChI=1S/C36H29N3O2/c1-36(2,3)24-17-19-37-33(21-24)29-12-5-4-11-28(29)32-18-20-39(38-32)25-9-8-10-26(22-25)40-27-15-16-31-30-13-6-7-14-34(30)41-35(31)23-27/h4-23H,1-3H3. The topological polar surface area (TPSA) is 53.1 Å². The molecule has 0 saturated heterocycles. The van der Waals surface area contributed by atoms with Crippen molar-refractivity contribution in [2.24, 2.45) is 0 Å². The Morgan fingerprint density at radius 3 is 2.27 bits per heavy atom. The molecular weight excluding hydrogens is 506 g/mol. The van der Waals surface area contributed by atoms with Crippen molar-refractivity contribution >= 4 is 21.9 Å². The maximum Gasteiger partial charge on any atom is 0.139 e. The van der Waals surface area contributed by atoms with Gasteiger partial charge >= 0.3 is 0 Å². The zero-order valence-corrected chi connectivity index (χ0v) is 23.2. The normalized spacial score (nSPS) is 11.8. The Kier molecular flexibility index (Phi) is 5.93. The van der Waals surface area contributed by atoms with Crippen molar-refractivity contribution in [1.82, 2.24) is 14.8 Å². The number of nitrogens with zero attached hydrogens (tertiary/aromatic N) is 3. The molecule has 41 heavy (non-hydrogen) atoms. The Morgan fingerprint density at radius 2 is 1.41 bits per heavy atom. The van der Waals surface area contributed by atoms with Gasteiger partial charge in [0.05, 0.1) is 17.1 Å². The fourth-order valence-corrected chi connectivity index (χ4v) is 5.18. The molecule has 0 fully saturated rings. The molecule has 7 aromatic rings. The van der Waals surface area contributed by atoms with E-state index in [-0.39, 0.29) is 5.41 Å². The third kappa shape index (κ3) is 4.76. The molecule has 200 valence electrons. The van der Waals surface area contributed by atoms with Crippen LogP contribution in [0.25, 0.3) is 50.1 Å². The first-order valence-corrected chi connectivity index (χ1v) is 13.7. The van der Waals surface area contributed by atoms with Gasteiger partial charge in [-0.2, -0.15) is 5.10 Å². The van der Waals surface area contributed by atoms with Crippen LogP contribution in [0.3, 0.4) is 0 Å². The van der Waals surface area contributed by atoms with E-state index in [9.17, 15) is 0 Å². The summed E-state index contributed by atoms with van der Waals surface area (Å²) in [5, 5.41) is 7.12. The lowest BCUT2D eigenvalue weighted by Crippen LogP contribution is -2.11. The van der Waals surface area contributed by atoms with Crippen molar-refractivity contribution in [3.63, 3.8) is 0 Å². The van der Waals surface area contributed by atoms with Crippen LogP contribution in [0, 0.1) is 0 Å². The highest BCUT2D eigenvalue weighted by Gasteiger charge is 2.17. The summed E-state index contributed by atoms with van der Waals surface area (Å²) in [7, 11) is 0. The van der Waals surface area contributed by atoms with Crippen molar-refractivity contribution in [2.45, 2.75) is 26.2 Å². The molecule has 0 unspecified atom stereocenters. The van der Waals surface area contributed by atoms with Crippen LogP contribution in [0.1, 0.15) is 26.3 Å². The maximum atomic E-state index is 6.24. The van der Waals surface area contributed by atoms with Crippen molar-refractivity contribution in [3.05, 3.63) is 127 Å². The van der Waals surface area contributed by atoms with Gasteiger partial charge in [0.25, 0.3) is 0 Å². The summed E-state index contributed by atoms with van der Waals surface area (Å²) in [5.41, 5.74) is 7.79. The molecule has 0 amide bonds. The van der Waals surface area contributed by atoms with Gasteiger partial charge < -0.3 is 9.15 Å². The molecule has 5 heteroatoms. The molecule has 3 aromatic heterocycles. The number of aromatic nitrogens is 3. The largest absolute Gasteiger partial charge is 0.457 e. The fraction of sp³-hybridized carbons (Fsp3) is 0.111. The van der Waals surface area contributed by atoms with E-state index < -0.39 is 0 Å². The minimum Gasteiger partial charge on any atom is -0.457 e. The first-order chi connectivity index (χ1) is 19.9. The molecule has 4 aromatic carbocycles. The highest BCUT2D eigenvalue weighted by atomic mass is 16.5. The van der Waals surface area contributed by atoms with Gasteiger partial charge in [0.1, 0.15) is 22.7 Å². The minimum atomic E-state index is 0.0408. The average Bonchev–Trinajstić information content (AvgIpc) is 3.62. The maximum absolute atomic E-state index is 6.24. The second-order valence-electron chi connectivity index (χ2n) is 11.2. The summed E-state index contributed by atoms with van der Waals surface area (Å²) < 4.78 is 14.2. The van der Waals surface area contributed by atoms with Crippen LogP contribution in [-0.2, 0) is 5.41 Å². The summed E-state index contributed by atoms with van der Waals surface area (Å²) in [6.45, 7) is 6.65. The molecule has 0 radical (unpaired) electrons. The molecule has 0 aliphatic carbocycles. The zero-order valence-electron chi connectivity index (χ0n) is 23.2. The summed E-state index contributed by atoms with van der Waals surface area (Å²) in [5.74, 6) is 1.44. The lowest BCUT2D eigenvalue weighted by molar-refractivity contribution is 0.481. The molecule has 0 atom stereocenters. The number of furan rings is 1. The van der Waals surface area contributed by atoms with E-state index in [0.29, 0.717) is 5.75 Å². The SMILES string of the molecule is CC(C)(C)c1ccnc(-c2ccccc2-c2ccn(-c3cccc(Oc4ccc5c(c4)oc4ccccc45)c3)n2)c1. The number of para-hydroxylation sites is 1. The summed E-state index contributed by atoms with van der Waals surface area (Å²) >= 11 is 0. The molecule has 0 aliphatic heterocycles. The van der Waals surface area contributed by atoms with Gasteiger partial charge in [0.15, 0.2) is 0 Å². The second kappa shape index (κ2) is 9.79. The van der Waals surface area contributed by atoms with Crippen molar-refractivity contribution < 1.29 is 9.15 Å². The number of benzene rings is 4. The molecule has 5 nitrogen and oxygen atoms in total. The number of pyridine rings is 1. The Bertz CT molecular complexity index is 2030. The Morgan fingerprint density at radius 1 is 0.659 bits per heavy atom. The predicted octanol–water partition coefficient (Wildman–Crippen LogP) is 9.59. The summed E-state index contributed by atoms with van der Waals surface area (Å²) in [6.07, 6.45) is 3.87. The van der Waals surface area contributed by atoms with Gasteiger partial charge in [-0.3, -0.25) is 4.98 Å². The summed E-state index contributed by atoms with van der Waals surface area (Å²) in [4.78, 5) is 4.70. The Hall–Kier alpha value is -5.16. The molecule has 0 saturated carbocycles. The molecule has 0 bridgehead atoms.